The van der Waals surface area contributed by atoms with Crippen LogP contribution in [0.15, 0.2) is 30.3 Å². The van der Waals surface area contributed by atoms with E-state index in [-0.39, 0.29) is 0 Å². The van der Waals surface area contributed by atoms with Crippen molar-refractivity contribution < 1.29 is 9.53 Å². The van der Waals surface area contributed by atoms with Crippen LogP contribution >= 0.6 is 0 Å². The van der Waals surface area contributed by atoms with Gasteiger partial charge in [-0.05, 0) is 39.3 Å². The van der Waals surface area contributed by atoms with Gasteiger partial charge in [-0.3, -0.25) is 0 Å². The lowest BCUT2D eigenvalue weighted by molar-refractivity contribution is 0.0600. The highest BCUT2D eigenvalue weighted by Gasteiger charge is 2.22. The number of carbonyl (C=O) groups excluding carboxylic acids is 1. The Labute approximate surface area is 121 Å². The van der Waals surface area contributed by atoms with E-state index in [0.717, 1.165) is 24.9 Å². The molecule has 1 rings (SSSR count). The van der Waals surface area contributed by atoms with E-state index < -0.39 is 11.7 Å². The molecule has 0 heterocycles. The van der Waals surface area contributed by atoms with E-state index in [0.29, 0.717) is 0 Å². The van der Waals surface area contributed by atoms with Gasteiger partial charge in [0.1, 0.15) is 5.60 Å². The van der Waals surface area contributed by atoms with Crippen molar-refractivity contribution in [1.82, 2.24) is 0 Å². The molecule has 1 amide bonds. The average Bonchev–Trinajstić information content (AvgIpc) is 2.37. The lowest BCUT2D eigenvalue weighted by atomic mass is 10.2. The van der Waals surface area contributed by atoms with Crippen LogP contribution in [0.2, 0.25) is 0 Å². The Balaban J connectivity index is 2.89. The SMILES string of the molecule is CCCCC#CN(C(=O)OC(C)(C)C)c1ccccc1. The molecule has 3 heteroatoms. The maximum atomic E-state index is 12.2. The molecule has 0 aromatic heterocycles. The minimum absolute atomic E-state index is 0.437. The number of anilines is 1. The van der Waals surface area contributed by atoms with Crippen LogP contribution in [-0.4, -0.2) is 11.7 Å². The van der Waals surface area contributed by atoms with E-state index in [9.17, 15) is 4.79 Å². The molecular formula is C17H23NO2. The second-order valence-corrected chi connectivity index (χ2v) is 5.54. The molecule has 0 spiro atoms. The topological polar surface area (TPSA) is 29.5 Å². The third kappa shape index (κ3) is 5.79. The van der Waals surface area contributed by atoms with E-state index in [2.05, 4.69) is 18.9 Å². The maximum Gasteiger partial charge on any atom is 0.426 e. The van der Waals surface area contributed by atoms with Crippen molar-refractivity contribution in [2.24, 2.45) is 0 Å². The molecule has 108 valence electrons. The summed E-state index contributed by atoms with van der Waals surface area (Å²) in [5, 5.41) is 0. The van der Waals surface area contributed by atoms with Crippen molar-refractivity contribution in [3.05, 3.63) is 30.3 Å². The lowest BCUT2D eigenvalue weighted by Crippen LogP contribution is -2.33. The van der Waals surface area contributed by atoms with Gasteiger partial charge in [0.25, 0.3) is 0 Å². The Hall–Kier alpha value is -1.95. The van der Waals surface area contributed by atoms with Gasteiger partial charge in [-0.1, -0.05) is 37.5 Å². The van der Waals surface area contributed by atoms with Crippen LogP contribution in [0.4, 0.5) is 10.5 Å². The summed E-state index contributed by atoms with van der Waals surface area (Å²) in [6, 6.07) is 12.2. The minimum atomic E-state index is -0.533. The zero-order chi connectivity index (χ0) is 15.0. The van der Waals surface area contributed by atoms with Gasteiger partial charge >= 0.3 is 6.09 Å². The summed E-state index contributed by atoms with van der Waals surface area (Å²) < 4.78 is 5.40. The normalized spacial score (nSPS) is 10.4. The van der Waals surface area contributed by atoms with E-state index >= 15 is 0 Å². The molecule has 0 radical (unpaired) electrons. The molecule has 0 saturated carbocycles. The molecule has 3 nitrogen and oxygen atoms in total. The van der Waals surface area contributed by atoms with Gasteiger partial charge < -0.3 is 4.74 Å². The van der Waals surface area contributed by atoms with Crippen molar-refractivity contribution in [3.8, 4) is 12.0 Å². The number of hydrogen-bond acceptors (Lipinski definition) is 2. The van der Waals surface area contributed by atoms with Crippen LogP contribution in [0.25, 0.3) is 0 Å². The zero-order valence-corrected chi connectivity index (χ0v) is 12.8. The average molecular weight is 273 g/mol. The van der Waals surface area contributed by atoms with Crippen LogP contribution in [0, 0.1) is 12.0 Å². The number of unbranched alkanes of at least 4 members (excludes halogenated alkanes) is 2. The van der Waals surface area contributed by atoms with Crippen LogP contribution < -0.4 is 4.90 Å². The molecule has 0 aliphatic carbocycles. The Kier molecular flexibility index (Phi) is 6.11. The zero-order valence-electron chi connectivity index (χ0n) is 12.8. The van der Waals surface area contributed by atoms with Gasteiger partial charge in [0.15, 0.2) is 0 Å². The number of ether oxygens (including phenoxy) is 1. The maximum absolute atomic E-state index is 12.2. The molecular weight excluding hydrogens is 250 g/mol. The summed E-state index contributed by atoms with van der Waals surface area (Å²) in [5.41, 5.74) is 0.195. The number of carbonyl (C=O) groups is 1. The summed E-state index contributed by atoms with van der Waals surface area (Å²) in [6.45, 7) is 7.65. The first-order valence-corrected chi connectivity index (χ1v) is 7.00. The van der Waals surface area contributed by atoms with Crippen LogP contribution in [0.3, 0.4) is 0 Å². The number of benzene rings is 1. The molecule has 0 unspecified atom stereocenters. The van der Waals surface area contributed by atoms with Crippen molar-refractivity contribution in [1.29, 1.82) is 0 Å². The van der Waals surface area contributed by atoms with Crippen LogP contribution in [0.1, 0.15) is 47.0 Å². The Morgan fingerprint density at radius 2 is 1.90 bits per heavy atom. The third-order valence-electron chi connectivity index (χ3n) is 2.44. The Bertz CT molecular complexity index is 477. The third-order valence-corrected chi connectivity index (χ3v) is 2.44. The largest absolute Gasteiger partial charge is 0.443 e. The highest BCUT2D eigenvalue weighted by Crippen LogP contribution is 2.17. The van der Waals surface area contributed by atoms with E-state index in [1.807, 2.05) is 51.1 Å². The molecule has 0 N–H and O–H groups in total. The highest BCUT2D eigenvalue weighted by molar-refractivity contribution is 5.91. The van der Waals surface area contributed by atoms with Crippen LogP contribution in [-0.2, 0) is 4.74 Å². The summed E-state index contributed by atoms with van der Waals surface area (Å²) in [5.74, 6) is 3.03. The van der Waals surface area contributed by atoms with Crippen molar-refractivity contribution >= 4 is 11.8 Å². The number of rotatable bonds is 3. The highest BCUT2D eigenvalue weighted by atomic mass is 16.6. The Morgan fingerprint density at radius 1 is 1.25 bits per heavy atom. The van der Waals surface area contributed by atoms with Crippen molar-refractivity contribution in [2.45, 2.75) is 52.6 Å². The molecule has 1 aromatic rings. The fourth-order valence-corrected chi connectivity index (χ4v) is 1.50. The van der Waals surface area contributed by atoms with Gasteiger partial charge in [0.05, 0.1) is 5.69 Å². The van der Waals surface area contributed by atoms with Gasteiger partial charge in [-0.2, -0.15) is 0 Å². The fraction of sp³-hybridized carbons (Fsp3) is 0.471. The number of nitrogens with zero attached hydrogens (tertiary/aromatic N) is 1. The first-order valence-electron chi connectivity index (χ1n) is 7.00. The molecule has 0 fully saturated rings. The summed E-state index contributed by atoms with van der Waals surface area (Å²) in [6.07, 6.45) is 2.46. The Morgan fingerprint density at radius 3 is 2.45 bits per heavy atom. The predicted molar refractivity (Wildman–Crippen MR) is 82.5 cm³/mol. The molecule has 0 bridgehead atoms. The standard InChI is InChI=1S/C17H23NO2/c1-5-6-7-11-14-18(15-12-9-8-10-13-15)16(19)20-17(2,3)4/h8-10,12-13H,5-7H2,1-4H3. The smallest absolute Gasteiger partial charge is 0.426 e. The predicted octanol–water partition coefficient (Wildman–Crippen LogP) is 4.58. The van der Waals surface area contributed by atoms with Gasteiger partial charge in [0.2, 0.25) is 0 Å². The van der Waals surface area contributed by atoms with Gasteiger partial charge in [0, 0.05) is 12.5 Å². The van der Waals surface area contributed by atoms with E-state index in [1.54, 1.807) is 0 Å². The molecule has 0 aliphatic rings. The van der Waals surface area contributed by atoms with Crippen molar-refractivity contribution in [3.63, 3.8) is 0 Å². The van der Waals surface area contributed by atoms with Crippen LogP contribution in [0.5, 0.6) is 0 Å². The number of hydrogen-bond donors (Lipinski definition) is 0. The summed E-state index contributed by atoms with van der Waals surface area (Å²) >= 11 is 0. The lowest BCUT2D eigenvalue weighted by Gasteiger charge is -2.23. The monoisotopic (exact) mass is 273 g/mol. The summed E-state index contributed by atoms with van der Waals surface area (Å²) in [7, 11) is 0. The first-order chi connectivity index (χ1) is 9.44. The van der Waals surface area contributed by atoms with Gasteiger partial charge in [-0.25, -0.2) is 9.69 Å². The summed E-state index contributed by atoms with van der Waals surface area (Å²) in [4.78, 5) is 13.6. The molecule has 0 atom stereocenters. The van der Waals surface area contributed by atoms with Crippen molar-refractivity contribution in [2.75, 3.05) is 4.90 Å². The second-order valence-electron chi connectivity index (χ2n) is 5.54. The second kappa shape index (κ2) is 7.59. The minimum Gasteiger partial charge on any atom is -0.443 e. The number of para-hydroxylation sites is 1. The fourth-order valence-electron chi connectivity index (χ4n) is 1.50. The molecule has 0 aliphatic heterocycles. The number of amides is 1. The van der Waals surface area contributed by atoms with E-state index in [4.69, 9.17) is 4.74 Å². The molecule has 20 heavy (non-hydrogen) atoms. The van der Waals surface area contributed by atoms with Gasteiger partial charge in [-0.15, -0.1) is 0 Å². The molecule has 1 aromatic carbocycles. The van der Waals surface area contributed by atoms with E-state index in [1.165, 1.54) is 4.90 Å². The first kappa shape index (κ1) is 16.1. The quantitative estimate of drug-likeness (QED) is 0.458. The molecule has 0 saturated heterocycles.